The minimum absolute atomic E-state index is 0.0783. The first-order valence-corrected chi connectivity index (χ1v) is 4.92. The Morgan fingerprint density at radius 1 is 1.54 bits per heavy atom. The molecule has 1 fully saturated rings. The third-order valence-corrected chi connectivity index (χ3v) is 2.77. The summed E-state index contributed by atoms with van der Waals surface area (Å²) in [6, 6.07) is 0. The van der Waals surface area contributed by atoms with Gasteiger partial charge in [-0.25, -0.2) is 8.78 Å². The summed E-state index contributed by atoms with van der Waals surface area (Å²) in [7, 11) is 0. The third kappa shape index (κ3) is 3.19. The minimum Gasteiger partial charge on any atom is -0.310 e. The lowest BCUT2D eigenvalue weighted by Crippen LogP contribution is -2.48. The SMILES string of the molecule is CCC1(CNCC(F)F)CCCN1. The molecule has 2 N–H and O–H groups in total. The molecule has 1 unspecified atom stereocenters. The number of nitrogens with one attached hydrogen (secondary N) is 2. The first-order chi connectivity index (χ1) is 6.18. The highest BCUT2D eigenvalue weighted by Gasteiger charge is 2.30. The molecule has 0 bridgehead atoms. The molecule has 0 amide bonds. The number of hydrogen-bond donors (Lipinski definition) is 2. The van der Waals surface area contributed by atoms with Crippen LogP contribution in [0.25, 0.3) is 0 Å². The lowest BCUT2D eigenvalue weighted by atomic mass is 9.94. The van der Waals surface area contributed by atoms with E-state index in [1.807, 2.05) is 0 Å². The van der Waals surface area contributed by atoms with E-state index in [1.54, 1.807) is 0 Å². The summed E-state index contributed by atoms with van der Waals surface area (Å²) in [5.74, 6) is 0. The second kappa shape index (κ2) is 4.86. The summed E-state index contributed by atoms with van der Waals surface area (Å²) < 4.78 is 23.7. The van der Waals surface area contributed by atoms with Gasteiger partial charge in [0.25, 0.3) is 6.43 Å². The van der Waals surface area contributed by atoms with Crippen LogP contribution in [-0.4, -0.2) is 31.6 Å². The maximum Gasteiger partial charge on any atom is 0.250 e. The van der Waals surface area contributed by atoms with Gasteiger partial charge in [0.2, 0.25) is 0 Å². The van der Waals surface area contributed by atoms with Crippen LogP contribution in [0.3, 0.4) is 0 Å². The van der Waals surface area contributed by atoms with E-state index >= 15 is 0 Å². The van der Waals surface area contributed by atoms with E-state index in [4.69, 9.17) is 0 Å². The van der Waals surface area contributed by atoms with Gasteiger partial charge in [-0.2, -0.15) is 0 Å². The van der Waals surface area contributed by atoms with Gasteiger partial charge in [-0.05, 0) is 25.8 Å². The van der Waals surface area contributed by atoms with Crippen molar-refractivity contribution < 1.29 is 8.78 Å². The average molecular weight is 192 g/mol. The van der Waals surface area contributed by atoms with Crippen LogP contribution in [0.15, 0.2) is 0 Å². The van der Waals surface area contributed by atoms with Gasteiger partial charge >= 0.3 is 0 Å². The molecule has 1 saturated heterocycles. The van der Waals surface area contributed by atoms with Crippen LogP contribution in [0.5, 0.6) is 0 Å². The summed E-state index contributed by atoms with van der Waals surface area (Å²) in [6.45, 7) is 3.59. The number of rotatable bonds is 5. The van der Waals surface area contributed by atoms with Crippen LogP contribution in [-0.2, 0) is 0 Å². The maximum absolute atomic E-state index is 11.9. The Labute approximate surface area is 78.1 Å². The van der Waals surface area contributed by atoms with Crippen LogP contribution in [0.4, 0.5) is 8.78 Å². The molecule has 0 aromatic carbocycles. The summed E-state index contributed by atoms with van der Waals surface area (Å²) in [5, 5.41) is 6.19. The van der Waals surface area contributed by atoms with E-state index in [2.05, 4.69) is 17.6 Å². The summed E-state index contributed by atoms with van der Waals surface area (Å²) in [5.41, 5.74) is 0.0783. The van der Waals surface area contributed by atoms with Crippen LogP contribution in [0.2, 0.25) is 0 Å². The van der Waals surface area contributed by atoms with E-state index in [9.17, 15) is 8.78 Å². The molecule has 0 saturated carbocycles. The van der Waals surface area contributed by atoms with Gasteiger partial charge in [0.1, 0.15) is 0 Å². The molecular formula is C9H18F2N2. The van der Waals surface area contributed by atoms with E-state index < -0.39 is 6.43 Å². The second-order valence-electron chi connectivity index (χ2n) is 3.69. The molecule has 1 heterocycles. The predicted octanol–water partition coefficient (Wildman–Crippen LogP) is 1.37. The smallest absolute Gasteiger partial charge is 0.250 e. The highest BCUT2D eigenvalue weighted by atomic mass is 19.3. The quantitative estimate of drug-likeness (QED) is 0.687. The zero-order valence-corrected chi connectivity index (χ0v) is 8.08. The van der Waals surface area contributed by atoms with E-state index in [1.165, 1.54) is 0 Å². The average Bonchev–Trinajstić information content (AvgIpc) is 2.53. The molecule has 1 atom stereocenters. The summed E-state index contributed by atoms with van der Waals surface area (Å²) >= 11 is 0. The fourth-order valence-corrected chi connectivity index (χ4v) is 1.87. The molecule has 2 nitrogen and oxygen atoms in total. The van der Waals surface area contributed by atoms with Gasteiger partial charge < -0.3 is 10.6 Å². The summed E-state index contributed by atoms with van der Waals surface area (Å²) in [4.78, 5) is 0. The monoisotopic (exact) mass is 192 g/mol. The first-order valence-electron chi connectivity index (χ1n) is 4.92. The number of halogens is 2. The minimum atomic E-state index is -2.24. The number of hydrogen-bond acceptors (Lipinski definition) is 2. The van der Waals surface area contributed by atoms with Gasteiger partial charge in [0.05, 0.1) is 6.54 Å². The molecule has 1 aliphatic heterocycles. The molecular weight excluding hydrogens is 174 g/mol. The van der Waals surface area contributed by atoms with E-state index in [0.717, 1.165) is 25.8 Å². The Balaban J connectivity index is 2.23. The van der Waals surface area contributed by atoms with E-state index in [-0.39, 0.29) is 12.1 Å². The topological polar surface area (TPSA) is 24.1 Å². The van der Waals surface area contributed by atoms with Crippen molar-refractivity contribution in [3.63, 3.8) is 0 Å². The van der Waals surface area contributed by atoms with Crippen LogP contribution in [0, 0.1) is 0 Å². The lowest BCUT2D eigenvalue weighted by Gasteiger charge is -2.28. The van der Waals surface area contributed by atoms with Crippen LogP contribution >= 0.6 is 0 Å². The zero-order chi connectivity index (χ0) is 9.73. The van der Waals surface area contributed by atoms with Crippen LogP contribution < -0.4 is 10.6 Å². The van der Waals surface area contributed by atoms with Crippen molar-refractivity contribution in [2.75, 3.05) is 19.6 Å². The molecule has 13 heavy (non-hydrogen) atoms. The highest BCUT2D eigenvalue weighted by molar-refractivity contribution is 4.93. The molecule has 4 heteroatoms. The largest absolute Gasteiger partial charge is 0.310 e. The standard InChI is InChI=1S/C9H18F2N2/c1-2-9(4-3-5-13-9)7-12-6-8(10)11/h8,12-13H,2-7H2,1H3. The van der Waals surface area contributed by atoms with Crippen molar-refractivity contribution in [2.24, 2.45) is 0 Å². The number of alkyl halides is 2. The molecule has 78 valence electrons. The molecule has 0 aliphatic carbocycles. The Morgan fingerprint density at radius 2 is 2.31 bits per heavy atom. The second-order valence-corrected chi connectivity index (χ2v) is 3.69. The maximum atomic E-state index is 11.9. The van der Waals surface area contributed by atoms with Crippen molar-refractivity contribution in [1.82, 2.24) is 10.6 Å². The molecule has 0 aromatic rings. The Kier molecular flexibility index (Phi) is 4.06. The van der Waals surface area contributed by atoms with Crippen molar-refractivity contribution in [3.05, 3.63) is 0 Å². The third-order valence-electron chi connectivity index (χ3n) is 2.77. The Bertz CT molecular complexity index is 145. The molecule has 1 aliphatic rings. The molecule has 0 aromatic heterocycles. The first kappa shape index (κ1) is 10.9. The van der Waals surface area contributed by atoms with Crippen LogP contribution in [0.1, 0.15) is 26.2 Å². The van der Waals surface area contributed by atoms with Gasteiger partial charge in [-0.15, -0.1) is 0 Å². The highest BCUT2D eigenvalue weighted by Crippen LogP contribution is 2.21. The van der Waals surface area contributed by atoms with Gasteiger partial charge in [0.15, 0.2) is 0 Å². The Morgan fingerprint density at radius 3 is 2.77 bits per heavy atom. The lowest BCUT2D eigenvalue weighted by molar-refractivity contribution is 0.142. The molecule has 0 spiro atoms. The molecule has 0 radical (unpaired) electrons. The van der Waals surface area contributed by atoms with Gasteiger partial charge in [0, 0.05) is 12.1 Å². The van der Waals surface area contributed by atoms with Crippen molar-refractivity contribution in [1.29, 1.82) is 0 Å². The van der Waals surface area contributed by atoms with Crippen molar-refractivity contribution in [3.8, 4) is 0 Å². The van der Waals surface area contributed by atoms with Crippen molar-refractivity contribution >= 4 is 0 Å². The Hall–Kier alpha value is -0.220. The van der Waals surface area contributed by atoms with Gasteiger partial charge in [-0.3, -0.25) is 0 Å². The normalized spacial score (nSPS) is 28.6. The molecule has 1 rings (SSSR count). The predicted molar refractivity (Wildman–Crippen MR) is 49.1 cm³/mol. The zero-order valence-electron chi connectivity index (χ0n) is 8.08. The van der Waals surface area contributed by atoms with Gasteiger partial charge in [-0.1, -0.05) is 6.92 Å². The van der Waals surface area contributed by atoms with E-state index in [0.29, 0.717) is 6.54 Å². The fraction of sp³-hybridized carbons (Fsp3) is 1.00. The summed E-state index contributed by atoms with van der Waals surface area (Å²) in [6.07, 6.45) is 1.02. The fourth-order valence-electron chi connectivity index (χ4n) is 1.87. The van der Waals surface area contributed by atoms with Crippen molar-refractivity contribution in [2.45, 2.75) is 38.2 Å².